The van der Waals surface area contributed by atoms with Gasteiger partial charge >= 0.3 is 0 Å². The zero-order valence-electron chi connectivity index (χ0n) is 11.8. The number of benzene rings is 1. The maximum atomic E-state index is 12.4. The number of sulfonamides is 1. The molecule has 0 spiro atoms. The van der Waals surface area contributed by atoms with Crippen LogP contribution in [0.4, 0.5) is 0 Å². The largest absolute Gasteiger partial charge is 0.354 e. The highest BCUT2D eigenvalue weighted by Gasteiger charge is 2.28. The summed E-state index contributed by atoms with van der Waals surface area (Å²) in [5.41, 5.74) is 1.13. The van der Waals surface area contributed by atoms with Gasteiger partial charge in [-0.2, -0.15) is 4.31 Å². The molecule has 1 heterocycles. The van der Waals surface area contributed by atoms with E-state index in [1.54, 1.807) is 12.1 Å². The number of hydrogen-bond acceptors (Lipinski definition) is 3. The van der Waals surface area contributed by atoms with Crippen LogP contribution >= 0.6 is 0 Å². The fourth-order valence-corrected chi connectivity index (χ4v) is 3.57. The highest BCUT2D eigenvalue weighted by molar-refractivity contribution is 7.89. The average molecular weight is 296 g/mol. The van der Waals surface area contributed by atoms with E-state index in [0.717, 1.165) is 12.0 Å². The van der Waals surface area contributed by atoms with E-state index in [1.807, 2.05) is 12.1 Å². The van der Waals surface area contributed by atoms with Gasteiger partial charge in [-0.1, -0.05) is 26.0 Å². The molecular weight excluding hydrogens is 276 g/mol. The standard InChI is InChI=1S/C14H20N2O3S/c1-3-11(2)12-4-6-13(7-5-12)20(18,19)16-9-8-15-14(17)10-16/h4-7,11H,3,8-10H2,1-2H3,(H,15,17)/t11-/m0/s1. The molecule has 1 aromatic rings. The second-order valence-corrected chi connectivity index (χ2v) is 7.00. The summed E-state index contributed by atoms with van der Waals surface area (Å²) < 4.78 is 26.1. The van der Waals surface area contributed by atoms with Gasteiger partial charge in [-0.15, -0.1) is 0 Å². The third-order valence-electron chi connectivity index (χ3n) is 3.70. The number of nitrogens with zero attached hydrogens (tertiary/aromatic N) is 1. The Labute approximate surface area is 120 Å². The van der Waals surface area contributed by atoms with Crippen LogP contribution in [0.3, 0.4) is 0 Å². The summed E-state index contributed by atoms with van der Waals surface area (Å²) in [5.74, 6) is 0.156. The zero-order chi connectivity index (χ0) is 14.8. The van der Waals surface area contributed by atoms with Gasteiger partial charge in [-0.3, -0.25) is 4.79 Å². The molecule has 1 N–H and O–H groups in total. The monoisotopic (exact) mass is 296 g/mol. The maximum absolute atomic E-state index is 12.4. The Bertz CT molecular complexity index is 581. The van der Waals surface area contributed by atoms with Gasteiger partial charge in [-0.25, -0.2) is 8.42 Å². The predicted molar refractivity (Wildman–Crippen MR) is 76.9 cm³/mol. The quantitative estimate of drug-likeness (QED) is 0.911. The van der Waals surface area contributed by atoms with Gasteiger partial charge in [0.1, 0.15) is 0 Å². The summed E-state index contributed by atoms with van der Waals surface area (Å²) in [7, 11) is -3.57. The molecule has 6 heteroatoms. The predicted octanol–water partition coefficient (Wildman–Crippen LogP) is 1.32. The normalized spacial score (nSPS) is 18.6. The molecule has 0 aromatic heterocycles. The summed E-state index contributed by atoms with van der Waals surface area (Å²) in [6.45, 7) is 4.79. The Hall–Kier alpha value is -1.40. The lowest BCUT2D eigenvalue weighted by molar-refractivity contribution is -0.122. The molecule has 5 nitrogen and oxygen atoms in total. The second-order valence-electron chi connectivity index (χ2n) is 5.07. The van der Waals surface area contributed by atoms with Crippen molar-refractivity contribution in [3.8, 4) is 0 Å². The number of rotatable bonds is 4. The summed E-state index contributed by atoms with van der Waals surface area (Å²) in [6.07, 6.45) is 1.01. The molecular formula is C14H20N2O3S. The van der Waals surface area contributed by atoms with Crippen molar-refractivity contribution in [2.75, 3.05) is 19.6 Å². The SMILES string of the molecule is CC[C@H](C)c1ccc(S(=O)(=O)N2CCNC(=O)C2)cc1. The number of hydrogen-bond donors (Lipinski definition) is 1. The van der Waals surface area contributed by atoms with E-state index in [9.17, 15) is 13.2 Å². The van der Waals surface area contributed by atoms with Crippen LogP contribution < -0.4 is 5.32 Å². The Morgan fingerprint density at radius 3 is 2.50 bits per heavy atom. The van der Waals surface area contributed by atoms with Gasteiger partial charge in [0.15, 0.2) is 0 Å². The van der Waals surface area contributed by atoms with Crippen molar-refractivity contribution in [2.45, 2.75) is 31.1 Å². The molecule has 20 heavy (non-hydrogen) atoms. The van der Waals surface area contributed by atoms with E-state index in [4.69, 9.17) is 0 Å². The molecule has 1 saturated heterocycles. The molecule has 2 rings (SSSR count). The molecule has 1 aliphatic rings. The molecule has 0 bridgehead atoms. The van der Waals surface area contributed by atoms with Crippen molar-refractivity contribution < 1.29 is 13.2 Å². The molecule has 0 radical (unpaired) electrons. The fraction of sp³-hybridized carbons (Fsp3) is 0.500. The Kier molecular flexibility index (Phi) is 4.45. The minimum atomic E-state index is -3.57. The average Bonchev–Trinajstić information content (AvgIpc) is 2.46. The minimum Gasteiger partial charge on any atom is -0.354 e. The van der Waals surface area contributed by atoms with Crippen molar-refractivity contribution in [3.05, 3.63) is 29.8 Å². The van der Waals surface area contributed by atoms with Gasteiger partial charge < -0.3 is 5.32 Å². The lowest BCUT2D eigenvalue weighted by Crippen LogP contribution is -2.49. The molecule has 0 unspecified atom stereocenters. The van der Waals surface area contributed by atoms with Gasteiger partial charge in [0.25, 0.3) is 0 Å². The minimum absolute atomic E-state index is 0.102. The van der Waals surface area contributed by atoms with Crippen LogP contribution in [0.25, 0.3) is 0 Å². The molecule has 1 amide bonds. The fourth-order valence-electron chi connectivity index (χ4n) is 2.17. The third kappa shape index (κ3) is 3.02. The highest BCUT2D eigenvalue weighted by Crippen LogP contribution is 2.22. The first-order chi connectivity index (χ1) is 9.45. The number of nitrogens with one attached hydrogen (secondary N) is 1. The first-order valence-corrected chi connectivity index (χ1v) is 8.26. The number of amides is 1. The van der Waals surface area contributed by atoms with Crippen molar-refractivity contribution in [1.82, 2.24) is 9.62 Å². The maximum Gasteiger partial charge on any atom is 0.243 e. The van der Waals surface area contributed by atoms with Crippen LogP contribution in [-0.4, -0.2) is 38.3 Å². The van der Waals surface area contributed by atoms with Crippen LogP contribution in [-0.2, 0) is 14.8 Å². The molecule has 1 atom stereocenters. The third-order valence-corrected chi connectivity index (χ3v) is 5.56. The first kappa shape index (κ1) is 15.0. The summed E-state index contributed by atoms with van der Waals surface area (Å²) in [6, 6.07) is 6.96. The first-order valence-electron chi connectivity index (χ1n) is 6.82. The molecule has 0 saturated carbocycles. The van der Waals surface area contributed by atoms with E-state index in [-0.39, 0.29) is 17.3 Å². The van der Waals surface area contributed by atoms with Gasteiger partial charge in [0.05, 0.1) is 11.4 Å². The van der Waals surface area contributed by atoms with Gasteiger partial charge in [-0.05, 0) is 30.0 Å². The topological polar surface area (TPSA) is 66.5 Å². The van der Waals surface area contributed by atoms with Crippen molar-refractivity contribution >= 4 is 15.9 Å². The van der Waals surface area contributed by atoms with Crippen LogP contribution in [0.2, 0.25) is 0 Å². The van der Waals surface area contributed by atoms with Crippen molar-refractivity contribution in [3.63, 3.8) is 0 Å². The van der Waals surface area contributed by atoms with E-state index >= 15 is 0 Å². The lowest BCUT2D eigenvalue weighted by atomic mass is 9.99. The Morgan fingerprint density at radius 2 is 1.95 bits per heavy atom. The summed E-state index contributed by atoms with van der Waals surface area (Å²) >= 11 is 0. The number of piperazine rings is 1. The van der Waals surface area contributed by atoms with Crippen molar-refractivity contribution in [1.29, 1.82) is 0 Å². The van der Waals surface area contributed by atoms with Crippen LogP contribution in [0, 0.1) is 0 Å². The van der Waals surface area contributed by atoms with E-state index in [2.05, 4.69) is 19.2 Å². The van der Waals surface area contributed by atoms with Gasteiger partial charge in [0, 0.05) is 13.1 Å². The van der Waals surface area contributed by atoms with E-state index in [0.29, 0.717) is 19.0 Å². The van der Waals surface area contributed by atoms with Crippen LogP contribution in [0.1, 0.15) is 31.7 Å². The lowest BCUT2D eigenvalue weighted by Gasteiger charge is -2.26. The van der Waals surface area contributed by atoms with E-state index in [1.165, 1.54) is 4.31 Å². The molecule has 1 aromatic carbocycles. The molecule has 110 valence electrons. The zero-order valence-corrected chi connectivity index (χ0v) is 12.6. The molecule has 1 fully saturated rings. The summed E-state index contributed by atoms with van der Waals surface area (Å²) in [4.78, 5) is 11.6. The Balaban J connectivity index is 2.23. The van der Waals surface area contributed by atoms with Crippen molar-refractivity contribution in [2.24, 2.45) is 0 Å². The number of carbonyl (C=O) groups excluding carboxylic acids is 1. The second kappa shape index (κ2) is 5.93. The number of carbonyl (C=O) groups is 1. The van der Waals surface area contributed by atoms with Gasteiger partial charge in [0.2, 0.25) is 15.9 Å². The van der Waals surface area contributed by atoms with Crippen LogP contribution in [0.15, 0.2) is 29.2 Å². The van der Waals surface area contributed by atoms with Crippen LogP contribution in [0.5, 0.6) is 0 Å². The molecule has 0 aliphatic carbocycles. The van der Waals surface area contributed by atoms with E-state index < -0.39 is 10.0 Å². The Morgan fingerprint density at radius 1 is 1.30 bits per heavy atom. The highest BCUT2D eigenvalue weighted by atomic mass is 32.2. The summed E-state index contributed by atoms with van der Waals surface area (Å²) in [5, 5.41) is 2.62. The smallest absolute Gasteiger partial charge is 0.243 e. The molecule has 1 aliphatic heterocycles.